The molecule has 0 radical (unpaired) electrons. The van der Waals surface area contributed by atoms with Gasteiger partial charge in [-0.3, -0.25) is 19.1 Å². The zero-order valence-corrected chi connectivity index (χ0v) is 10.6. The molecule has 0 aliphatic heterocycles. The van der Waals surface area contributed by atoms with Gasteiger partial charge in [0, 0.05) is 12.3 Å². The summed E-state index contributed by atoms with van der Waals surface area (Å²) in [7, 11) is -3.59. The second-order valence-corrected chi connectivity index (χ2v) is 5.33. The molecule has 1 aromatic heterocycles. The molecule has 1 rings (SSSR count). The maximum Gasteiger partial charge on any atom is 0.334 e. The Balaban J connectivity index is 2.97. The van der Waals surface area contributed by atoms with Crippen molar-refractivity contribution in [2.24, 2.45) is 0 Å². The molecule has 0 aromatic carbocycles. The lowest BCUT2D eigenvalue weighted by atomic mass is 10.3. The van der Waals surface area contributed by atoms with Crippen molar-refractivity contribution < 1.29 is 17.5 Å². The topological polar surface area (TPSA) is 109 Å². The lowest BCUT2D eigenvalue weighted by molar-refractivity contribution is -0.386. The van der Waals surface area contributed by atoms with Gasteiger partial charge in [-0.2, -0.15) is 8.42 Å². The average molecular weight is 276 g/mol. The average Bonchev–Trinajstić information content (AvgIpc) is 2.20. The van der Waals surface area contributed by atoms with E-state index in [1.54, 1.807) is 6.92 Å². The Bertz CT molecular complexity index is 618. The first kappa shape index (κ1) is 14.3. The van der Waals surface area contributed by atoms with E-state index in [9.17, 15) is 23.3 Å². The van der Waals surface area contributed by atoms with Gasteiger partial charge >= 0.3 is 11.2 Å². The van der Waals surface area contributed by atoms with Crippen LogP contribution in [-0.2, 0) is 20.8 Å². The minimum absolute atomic E-state index is 0.0750. The number of nitrogens with zero attached hydrogens (tertiary/aromatic N) is 2. The van der Waals surface area contributed by atoms with Crippen molar-refractivity contribution in [3.8, 4) is 0 Å². The highest BCUT2D eigenvalue weighted by molar-refractivity contribution is 7.85. The van der Waals surface area contributed by atoms with E-state index in [1.165, 1.54) is 6.20 Å². The number of rotatable bonds is 5. The molecule has 9 heteroatoms. The monoisotopic (exact) mass is 276 g/mol. The summed E-state index contributed by atoms with van der Waals surface area (Å²) in [5.74, 6) is 0. The molecule has 0 N–H and O–H groups in total. The van der Waals surface area contributed by atoms with Gasteiger partial charge in [0.15, 0.2) is 0 Å². The quantitative estimate of drug-likeness (QED) is 0.427. The van der Waals surface area contributed by atoms with Crippen LogP contribution in [0.2, 0.25) is 0 Å². The van der Waals surface area contributed by atoms with Crippen molar-refractivity contribution in [2.45, 2.75) is 13.5 Å². The van der Waals surface area contributed by atoms with Gasteiger partial charge in [0.25, 0.3) is 10.1 Å². The fourth-order valence-electron chi connectivity index (χ4n) is 1.35. The number of nitro groups is 1. The molecule has 0 aliphatic rings. The molecular formula is C9H12N2O6S. The van der Waals surface area contributed by atoms with E-state index in [2.05, 4.69) is 4.18 Å². The molecule has 0 saturated carbocycles. The van der Waals surface area contributed by atoms with Crippen LogP contribution >= 0.6 is 0 Å². The molecule has 0 amide bonds. The van der Waals surface area contributed by atoms with Gasteiger partial charge in [-0.05, 0) is 12.5 Å². The van der Waals surface area contributed by atoms with Crippen LogP contribution < -0.4 is 5.56 Å². The van der Waals surface area contributed by atoms with Crippen LogP contribution in [-0.4, -0.2) is 30.8 Å². The number of aryl methyl sites for hydroxylation is 1. The van der Waals surface area contributed by atoms with Crippen molar-refractivity contribution in [3.05, 3.63) is 38.3 Å². The molecule has 100 valence electrons. The Hall–Kier alpha value is -1.74. The molecular weight excluding hydrogens is 264 g/mol. The van der Waals surface area contributed by atoms with Crippen LogP contribution in [0.5, 0.6) is 0 Å². The number of aromatic nitrogens is 1. The third kappa shape index (κ3) is 3.93. The Labute approximate surface area is 103 Å². The molecule has 0 aliphatic carbocycles. The zero-order chi connectivity index (χ0) is 13.9. The second-order valence-electron chi connectivity index (χ2n) is 3.68. The van der Waals surface area contributed by atoms with E-state index < -0.39 is 26.3 Å². The van der Waals surface area contributed by atoms with Crippen molar-refractivity contribution in [3.63, 3.8) is 0 Å². The fourth-order valence-corrected chi connectivity index (χ4v) is 1.73. The number of pyridine rings is 1. The maximum absolute atomic E-state index is 11.6. The summed E-state index contributed by atoms with van der Waals surface area (Å²) in [5, 5.41) is 10.6. The molecule has 0 atom stereocenters. The van der Waals surface area contributed by atoms with Crippen LogP contribution in [0.15, 0.2) is 17.1 Å². The lowest BCUT2D eigenvalue weighted by Gasteiger charge is -2.06. The maximum atomic E-state index is 11.6. The zero-order valence-electron chi connectivity index (χ0n) is 9.82. The van der Waals surface area contributed by atoms with Crippen LogP contribution in [0.25, 0.3) is 0 Å². The van der Waals surface area contributed by atoms with Crippen molar-refractivity contribution in [1.29, 1.82) is 0 Å². The van der Waals surface area contributed by atoms with Crippen LogP contribution in [0, 0.1) is 17.0 Å². The molecule has 1 aromatic rings. The summed E-state index contributed by atoms with van der Waals surface area (Å²) in [5.41, 5.74) is -0.808. The van der Waals surface area contributed by atoms with E-state index in [1.807, 2.05) is 0 Å². The van der Waals surface area contributed by atoms with Gasteiger partial charge in [-0.25, -0.2) is 0 Å². The van der Waals surface area contributed by atoms with E-state index in [0.29, 0.717) is 5.56 Å². The SMILES string of the molecule is Cc1cc([N+](=O)[O-])c(=O)n(CCOS(C)(=O)=O)c1. The molecule has 1 heterocycles. The molecule has 18 heavy (non-hydrogen) atoms. The van der Waals surface area contributed by atoms with E-state index >= 15 is 0 Å². The van der Waals surface area contributed by atoms with Crippen LogP contribution in [0.1, 0.15) is 5.56 Å². The standard InChI is InChI=1S/C9H12N2O6S/c1-7-5-8(11(13)14)9(12)10(6-7)3-4-17-18(2,15)16/h5-6H,3-4H2,1-2H3. The lowest BCUT2D eigenvalue weighted by Crippen LogP contribution is -2.25. The summed E-state index contributed by atoms with van der Waals surface area (Å²) in [6.45, 7) is 1.27. The largest absolute Gasteiger partial charge is 0.334 e. The Kier molecular flexibility index (Phi) is 4.19. The predicted octanol–water partition coefficient (Wildman–Crippen LogP) is 0.0411. The summed E-state index contributed by atoms with van der Waals surface area (Å²) in [4.78, 5) is 21.5. The van der Waals surface area contributed by atoms with E-state index in [0.717, 1.165) is 16.9 Å². The van der Waals surface area contributed by atoms with Crippen molar-refractivity contribution in [1.82, 2.24) is 4.57 Å². The predicted molar refractivity (Wildman–Crippen MR) is 62.9 cm³/mol. The molecule has 0 unspecified atom stereocenters. The van der Waals surface area contributed by atoms with Gasteiger partial charge in [0.1, 0.15) is 0 Å². The highest BCUT2D eigenvalue weighted by Crippen LogP contribution is 2.06. The summed E-state index contributed by atoms with van der Waals surface area (Å²) in [6, 6.07) is 1.16. The highest BCUT2D eigenvalue weighted by Gasteiger charge is 2.15. The fraction of sp³-hybridized carbons (Fsp3) is 0.444. The molecule has 0 spiro atoms. The summed E-state index contributed by atoms with van der Waals surface area (Å²) >= 11 is 0. The van der Waals surface area contributed by atoms with E-state index in [4.69, 9.17) is 0 Å². The van der Waals surface area contributed by atoms with Crippen molar-refractivity contribution in [2.75, 3.05) is 12.9 Å². The highest BCUT2D eigenvalue weighted by atomic mass is 32.2. The first-order valence-electron chi connectivity index (χ1n) is 4.90. The molecule has 0 saturated heterocycles. The third-order valence-electron chi connectivity index (χ3n) is 2.03. The van der Waals surface area contributed by atoms with Gasteiger partial charge < -0.3 is 4.57 Å². The van der Waals surface area contributed by atoms with Crippen LogP contribution in [0.4, 0.5) is 5.69 Å². The van der Waals surface area contributed by atoms with Gasteiger partial charge in [-0.1, -0.05) is 0 Å². The number of hydrogen-bond acceptors (Lipinski definition) is 6. The minimum Gasteiger partial charge on any atom is -0.307 e. The van der Waals surface area contributed by atoms with Gasteiger partial charge in [-0.15, -0.1) is 0 Å². The molecule has 8 nitrogen and oxygen atoms in total. The first-order valence-corrected chi connectivity index (χ1v) is 6.72. The Morgan fingerprint density at radius 1 is 1.50 bits per heavy atom. The van der Waals surface area contributed by atoms with Crippen molar-refractivity contribution >= 4 is 15.8 Å². The van der Waals surface area contributed by atoms with Gasteiger partial charge in [0.2, 0.25) is 0 Å². The smallest absolute Gasteiger partial charge is 0.307 e. The minimum atomic E-state index is -3.59. The summed E-state index contributed by atoms with van der Waals surface area (Å²) in [6.07, 6.45) is 2.29. The van der Waals surface area contributed by atoms with Crippen LogP contribution in [0.3, 0.4) is 0 Å². The van der Waals surface area contributed by atoms with Gasteiger partial charge in [0.05, 0.1) is 24.3 Å². The summed E-state index contributed by atoms with van der Waals surface area (Å²) < 4.78 is 27.0. The molecule has 0 bridgehead atoms. The Morgan fingerprint density at radius 3 is 2.61 bits per heavy atom. The second kappa shape index (κ2) is 5.27. The van der Waals surface area contributed by atoms with E-state index in [-0.39, 0.29) is 13.2 Å². The molecule has 0 fully saturated rings. The normalized spacial score (nSPS) is 11.4. The first-order chi connectivity index (χ1) is 8.20. The number of hydrogen-bond donors (Lipinski definition) is 0. The Morgan fingerprint density at radius 2 is 2.11 bits per heavy atom. The third-order valence-corrected chi connectivity index (χ3v) is 2.62.